The van der Waals surface area contributed by atoms with Crippen LogP contribution < -0.4 is 10.6 Å². The van der Waals surface area contributed by atoms with Gasteiger partial charge in [0.15, 0.2) is 11.6 Å². The SMILES string of the molecule is O=C(CCNc1ccc(Cl)c(Cl)c1)Nc1ccc(F)c(F)c1. The van der Waals surface area contributed by atoms with Gasteiger partial charge in [0.2, 0.25) is 5.91 Å². The Bertz CT molecular complexity index is 695. The third-order valence-corrected chi connectivity index (χ3v) is 3.54. The van der Waals surface area contributed by atoms with Crippen molar-refractivity contribution in [2.45, 2.75) is 6.42 Å². The quantitative estimate of drug-likeness (QED) is 0.824. The van der Waals surface area contributed by atoms with Gasteiger partial charge >= 0.3 is 0 Å². The first kappa shape index (κ1) is 16.5. The molecule has 0 aliphatic rings. The van der Waals surface area contributed by atoms with Crippen molar-refractivity contribution in [3.05, 3.63) is 58.1 Å². The highest BCUT2D eigenvalue weighted by molar-refractivity contribution is 6.42. The van der Waals surface area contributed by atoms with Crippen molar-refractivity contribution in [2.24, 2.45) is 0 Å². The fraction of sp³-hybridized carbons (Fsp3) is 0.133. The number of amides is 1. The summed E-state index contributed by atoms with van der Waals surface area (Å²) in [5.41, 5.74) is 0.938. The Morgan fingerprint density at radius 1 is 0.955 bits per heavy atom. The van der Waals surface area contributed by atoms with Crippen LogP contribution in [-0.4, -0.2) is 12.5 Å². The van der Waals surface area contributed by atoms with E-state index in [1.807, 2.05) is 0 Å². The molecule has 0 atom stereocenters. The molecule has 0 radical (unpaired) electrons. The van der Waals surface area contributed by atoms with Gasteiger partial charge in [-0.25, -0.2) is 8.78 Å². The minimum Gasteiger partial charge on any atom is -0.384 e. The van der Waals surface area contributed by atoms with Crippen LogP contribution in [0.25, 0.3) is 0 Å². The van der Waals surface area contributed by atoms with Gasteiger partial charge in [0, 0.05) is 30.4 Å². The zero-order valence-corrected chi connectivity index (χ0v) is 12.8. The van der Waals surface area contributed by atoms with Crippen LogP contribution in [0.3, 0.4) is 0 Å². The molecule has 1 amide bonds. The van der Waals surface area contributed by atoms with Crippen molar-refractivity contribution >= 4 is 40.5 Å². The summed E-state index contributed by atoms with van der Waals surface area (Å²) in [5.74, 6) is -2.29. The second kappa shape index (κ2) is 7.42. The zero-order chi connectivity index (χ0) is 16.1. The highest BCUT2D eigenvalue weighted by atomic mass is 35.5. The molecule has 2 aromatic rings. The number of hydrogen-bond acceptors (Lipinski definition) is 2. The van der Waals surface area contributed by atoms with E-state index < -0.39 is 11.6 Å². The lowest BCUT2D eigenvalue weighted by Gasteiger charge is -2.08. The van der Waals surface area contributed by atoms with Crippen LogP contribution in [0.5, 0.6) is 0 Å². The second-order valence-electron chi connectivity index (χ2n) is 4.48. The molecule has 0 bridgehead atoms. The molecular formula is C15H12Cl2F2N2O. The van der Waals surface area contributed by atoms with Gasteiger partial charge in [0.1, 0.15) is 0 Å². The van der Waals surface area contributed by atoms with E-state index in [9.17, 15) is 13.6 Å². The number of nitrogens with one attached hydrogen (secondary N) is 2. The van der Waals surface area contributed by atoms with Crippen LogP contribution in [0.2, 0.25) is 10.0 Å². The first-order valence-electron chi connectivity index (χ1n) is 6.39. The summed E-state index contributed by atoms with van der Waals surface area (Å²) in [6.07, 6.45) is 0.152. The average Bonchev–Trinajstić information content (AvgIpc) is 2.47. The van der Waals surface area contributed by atoms with Gasteiger partial charge in [-0.05, 0) is 30.3 Å². The molecular weight excluding hydrogens is 333 g/mol. The number of rotatable bonds is 5. The topological polar surface area (TPSA) is 41.1 Å². The molecule has 3 nitrogen and oxygen atoms in total. The Balaban J connectivity index is 1.82. The Labute approximate surface area is 136 Å². The lowest BCUT2D eigenvalue weighted by atomic mass is 10.2. The summed E-state index contributed by atoms with van der Waals surface area (Å²) in [7, 11) is 0. The highest BCUT2D eigenvalue weighted by Crippen LogP contribution is 2.24. The van der Waals surface area contributed by atoms with Crippen molar-refractivity contribution in [1.29, 1.82) is 0 Å². The summed E-state index contributed by atoms with van der Waals surface area (Å²) < 4.78 is 25.8. The van der Waals surface area contributed by atoms with Gasteiger partial charge in [-0.2, -0.15) is 0 Å². The molecule has 116 valence electrons. The smallest absolute Gasteiger partial charge is 0.226 e. The van der Waals surface area contributed by atoms with Crippen molar-refractivity contribution < 1.29 is 13.6 Å². The first-order valence-corrected chi connectivity index (χ1v) is 7.15. The van der Waals surface area contributed by atoms with Crippen molar-refractivity contribution in [2.75, 3.05) is 17.2 Å². The third kappa shape index (κ3) is 4.58. The van der Waals surface area contributed by atoms with Gasteiger partial charge in [-0.15, -0.1) is 0 Å². The largest absolute Gasteiger partial charge is 0.384 e. The van der Waals surface area contributed by atoms with E-state index in [1.165, 1.54) is 6.07 Å². The van der Waals surface area contributed by atoms with E-state index in [-0.39, 0.29) is 18.0 Å². The molecule has 0 fully saturated rings. The van der Waals surface area contributed by atoms with Crippen molar-refractivity contribution in [3.63, 3.8) is 0 Å². The van der Waals surface area contributed by atoms with E-state index in [4.69, 9.17) is 23.2 Å². The predicted molar refractivity (Wildman–Crippen MR) is 84.6 cm³/mol. The third-order valence-electron chi connectivity index (χ3n) is 2.80. The second-order valence-corrected chi connectivity index (χ2v) is 5.30. The maximum Gasteiger partial charge on any atom is 0.226 e. The van der Waals surface area contributed by atoms with Crippen LogP contribution in [0.1, 0.15) is 6.42 Å². The minimum absolute atomic E-state index is 0.152. The van der Waals surface area contributed by atoms with Crippen LogP contribution in [0.4, 0.5) is 20.2 Å². The summed E-state index contributed by atoms with van der Waals surface area (Å²) in [4.78, 5) is 11.7. The van der Waals surface area contributed by atoms with E-state index in [0.717, 1.165) is 17.8 Å². The molecule has 0 saturated carbocycles. The molecule has 2 rings (SSSR count). The van der Waals surface area contributed by atoms with Gasteiger partial charge in [-0.1, -0.05) is 23.2 Å². The maximum absolute atomic E-state index is 13.0. The molecule has 0 saturated heterocycles. The molecule has 0 aromatic heterocycles. The van der Waals surface area contributed by atoms with Gasteiger partial charge in [0.05, 0.1) is 10.0 Å². The lowest BCUT2D eigenvalue weighted by Crippen LogP contribution is -2.16. The molecule has 2 N–H and O–H groups in total. The Kier molecular flexibility index (Phi) is 5.57. The maximum atomic E-state index is 13.0. The fourth-order valence-electron chi connectivity index (χ4n) is 1.72. The molecule has 0 unspecified atom stereocenters. The van der Waals surface area contributed by atoms with Gasteiger partial charge in [-0.3, -0.25) is 4.79 Å². The molecule has 0 heterocycles. The fourth-order valence-corrected chi connectivity index (χ4v) is 2.02. The van der Waals surface area contributed by atoms with Crippen LogP contribution in [0, 0.1) is 11.6 Å². The normalized spacial score (nSPS) is 10.4. The van der Waals surface area contributed by atoms with E-state index >= 15 is 0 Å². The number of hydrogen-bond donors (Lipinski definition) is 2. The Morgan fingerprint density at radius 3 is 2.36 bits per heavy atom. The molecule has 2 aromatic carbocycles. The van der Waals surface area contributed by atoms with Crippen molar-refractivity contribution in [1.82, 2.24) is 0 Å². The molecule has 22 heavy (non-hydrogen) atoms. The summed E-state index contributed by atoms with van der Waals surface area (Å²) in [6.45, 7) is 0.355. The Hall–Kier alpha value is -1.85. The Morgan fingerprint density at radius 2 is 1.68 bits per heavy atom. The van der Waals surface area contributed by atoms with E-state index in [2.05, 4.69) is 10.6 Å². The number of halogens is 4. The van der Waals surface area contributed by atoms with Crippen molar-refractivity contribution in [3.8, 4) is 0 Å². The number of carbonyl (C=O) groups is 1. The van der Waals surface area contributed by atoms with Crippen LogP contribution >= 0.6 is 23.2 Å². The number of benzene rings is 2. The minimum atomic E-state index is -1.01. The van der Waals surface area contributed by atoms with Gasteiger partial charge < -0.3 is 10.6 Å². The summed E-state index contributed by atoms with van der Waals surface area (Å²) in [6, 6.07) is 8.22. The van der Waals surface area contributed by atoms with Crippen LogP contribution in [0.15, 0.2) is 36.4 Å². The molecule has 0 spiro atoms. The summed E-state index contributed by atoms with van der Waals surface area (Å²) in [5, 5.41) is 6.36. The molecule has 7 heteroatoms. The highest BCUT2D eigenvalue weighted by Gasteiger charge is 2.06. The number of carbonyl (C=O) groups excluding carboxylic acids is 1. The van der Waals surface area contributed by atoms with Crippen LogP contribution in [-0.2, 0) is 4.79 Å². The zero-order valence-electron chi connectivity index (χ0n) is 11.3. The van der Waals surface area contributed by atoms with E-state index in [0.29, 0.717) is 16.6 Å². The standard InChI is InChI=1S/C15H12Cl2F2N2O/c16-11-3-1-9(7-12(11)17)20-6-5-15(22)21-10-2-4-13(18)14(19)8-10/h1-4,7-8,20H,5-6H2,(H,21,22). The molecule has 0 aliphatic heterocycles. The average molecular weight is 345 g/mol. The van der Waals surface area contributed by atoms with E-state index in [1.54, 1.807) is 18.2 Å². The predicted octanol–water partition coefficient (Wildman–Crippen LogP) is 4.71. The number of anilines is 2. The monoisotopic (exact) mass is 344 g/mol. The molecule has 0 aliphatic carbocycles. The first-order chi connectivity index (χ1) is 10.5. The lowest BCUT2D eigenvalue weighted by molar-refractivity contribution is -0.115. The van der Waals surface area contributed by atoms with Gasteiger partial charge in [0.25, 0.3) is 0 Å². The summed E-state index contributed by atoms with van der Waals surface area (Å²) >= 11 is 11.7.